The minimum atomic E-state index is -0.809. The van der Waals surface area contributed by atoms with Crippen molar-refractivity contribution in [1.29, 1.82) is 0 Å². The van der Waals surface area contributed by atoms with E-state index >= 15 is 0 Å². The summed E-state index contributed by atoms with van der Waals surface area (Å²) < 4.78 is 26.0. The first kappa shape index (κ1) is 11.4. The smallest absolute Gasteiger partial charge is 0.147 e. The van der Waals surface area contributed by atoms with Crippen molar-refractivity contribution in [2.45, 2.75) is 12.8 Å². The van der Waals surface area contributed by atoms with Crippen LogP contribution >= 0.6 is 15.9 Å². The molecule has 0 aliphatic carbocycles. The molecule has 0 heterocycles. The predicted molar refractivity (Wildman–Crippen MR) is 53.1 cm³/mol. The standard InChI is InChI=1S/C9H10BrF2NO/c10-8-6(11)4-7(14)5(9(8)12)2-1-3-13/h4,14H,1-3,13H2. The van der Waals surface area contributed by atoms with Gasteiger partial charge in [-0.2, -0.15) is 0 Å². The number of phenolic OH excluding ortho intramolecular Hbond substituents is 1. The van der Waals surface area contributed by atoms with Gasteiger partial charge in [0.1, 0.15) is 17.4 Å². The summed E-state index contributed by atoms with van der Waals surface area (Å²) in [4.78, 5) is 0. The Labute approximate surface area is 88.9 Å². The van der Waals surface area contributed by atoms with Crippen LogP contribution in [-0.4, -0.2) is 11.7 Å². The Balaban J connectivity index is 3.09. The summed E-state index contributed by atoms with van der Waals surface area (Å²) in [7, 11) is 0. The lowest BCUT2D eigenvalue weighted by molar-refractivity contribution is 0.446. The van der Waals surface area contributed by atoms with E-state index in [0.717, 1.165) is 6.07 Å². The number of phenols is 1. The number of benzene rings is 1. The van der Waals surface area contributed by atoms with Crippen molar-refractivity contribution in [3.05, 3.63) is 27.7 Å². The number of halogens is 3. The van der Waals surface area contributed by atoms with Gasteiger partial charge in [0.05, 0.1) is 4.47 Å². The Morgan fingerprint density at radius 2 is 2.07 bits per heavy atom. The highest BCUT2D eigenvalue weighted by Crippen LogP contribution is 2.30. The molecule has 14 heavy (non-hydrogen) atoms. The van der Waals surface area contributed by atoms with Crippen molar-refractivity contribution < 1.29 is 13.9 Å². The maximum atomic E-state index is 13.4. The van der Waals surface area contributed by atoms with Crippen LogP contribution in [0.3, 0.4) is 0 Å². The van der Waals surface area contributed by atoms with Crippen LogP contribution in [0.4, 0.5) is 8.78 Å². The van der Waals surface area contributed by atoms with Crippen molar-refractivity contribution in [3.63, 3.8) is 0 Å². The fraction of sp³-hybridized carbons (Fsp3) is 0.333. The predicted octanol–water partition coefficient (Wildman–Crippen LogP) is 2.32. The van der Waals surface area contributed by atoms with Crippen LogP contribution in [0.25, 0.3) is 0 Å². The third-order valence-corrected chi connectivity index (χ3v) is 2.60. The van der Waals surface area contributed by atoms with Crippen LogP contribution in [0.2, 0.25) is 0 Å². The molecule has 5 heteroatoms. The molecular formula is C9H10BrF2NO. The Bertz CT molecular complexity index is 344. The Hall–Kier alpha value is -0.680. The number of hydrogen-bond donors (Lipinski definition) is 2. The largest absolute Gasteiger partial charge is 0.507 e. The third-order valence-electron chi connectivity index (χ3n) is 1.87. The quantitative estimate of drug-likeness (QED) is 0.825. The lowest BCUT2D eigenvalue weighted by Gasteiger charge is -2.07. The van der Waals surface area contributed by atoms with Gasteiger partial charge in [-0.3, -0.25) is 0 Å². The third kappa shape index (κ3) is 2.22. The van der Waals surface area contributed by atoms with Crippen molar-refractivity contribution in [2.24, 2.45) is 5.73 Å². The van der Waals surface area contributed by atoms with Gasteiger partial charge in [0.2, 0.25) is 0 Å². The first-order valence-corrected chi connectivity index (χ1v) is 4.92. The van der Waals surface area contributed by atoms with E-state index in [1.165, 1.54) is 0 Å². The minimum Gasteiger partial charge on any atom is -0.507 e. The molecule has 3 N–H and O–H groups in total. The zero-order valence-electron chi connectivity index (χ0n) is 7.36. The van der Waals surface area contributed by atoms with Crippen LogP contribution in [0.5, 0.6) is 5.75 Å². The topological polar surface area (TPSA) is 46.2 Å². The van der Waals surface area contributed by atoms with Gasteiger partial charge in [0.15, 0.2) is 0 Å². The average molecular weight is 266 g/mol. The van der Waals surface area contributed by atoms with Crippen LogP contribution in [-0.2, 0) is 6.42 Å². The number of aromatic hydroxyl groups is 1. The number of nitrogens with two attached hydrogens (primary N) is 1. The van der Waals surface area contributed by atoms with E-state index in [0.29, 0.717) is 19.4 Å². The Kier molecular flexibility index (Phi) is 3.83. The second-order valence-electron chi connectivity index (χ2n) is 2.88. The van der Waals surface area contributed by atoms with Crippen LogP contribution in [0.1, 0.15) is 12.0 Å². The van der Waals surface area contributed by atoms with E-state index in [1.807, 2.05) is 0 Å². The fourth-order valence-electron chi connectivity index (χ4n) is 1.14. The molecule has 78 valence electrons. The van der Waals surface area contributed by atoms with Gasteiger partial charge in [0.25, 0.3) is 0 Å². The summed E-state index contributed by atoms with van der Waals surface area (Å²) in [6, 6.07) is 0.888. The highest BCUT2D eigenvalue weighted by Gasteiger charge is 2.15. The molecule has 0 unspecified atom stereocenters. The fourth-order valence-corrected chi connectivity index (χ4v) is 1.49. The molecule has 0 saturated heterocycles. The van der Waals surface area contributed by atoms with Crippen LogP contribution in [0, 0.1) is 11.6 Å². The monoisotopic (exact) mass is 265 g/mol. The molecule has 0 atom stereocenters. The summed E-state index contributed by atoms with van der Waals surface area (Å²) in [6.45, 7) is 0.397. The van der Waals surface area contributed by atoms with Crippen molar-refractivity contribution in [3.8, 4) is 5.75 Å². The second kappa shape index (κ2) is 4.70. The van der Waals surface area contributed by atoms with Gasteiger partial charge in [-0.05, 0) is 35.3 Å². The summed E-state index contributed by atoms with van der Waals surface area (Å²) in [5, 5.41) is 9.28. The molecule has 0 saturated carbocycles. The lowest BCUT2D eigenvalue weighted by atomic mass is 10.1. The molecule has 0 aliphatic heterocycles. The summed E-state index contributed by atoms with van der Waals surface area (Å²) in [5.74, 6) is -1.93. The van der Waals surface area contributed by atoms with Crippen LogP contribution < -0.4 is 5.73 Å². The molecule has 0 aromatic heterocycles. The van der Waals surface area contributed by atoms with Gasteiger partial charge in [0, 0.05) is 11.6 Å². The summed E-state index contributed by atoms with van der Waals surface area (Å²) in [6.07, 6.45) is 0.843. The minimum absolute atomic E-state index is 0.101. The molecule has 0 fully saturated rings. The van der Waals surface area contributed by atoms with Gasteiger partial charge >= 0.3 is 0 Å². The van der Waals surface area contributed by atoms with E-state index in [9.17, 15) is 13.9 Å². The van der Waals surface area contributed by atoms with E-state index in [2.05, 4.69) is 15.9 Å². The number of hydrogen-bond acceptors (Lipinski definition) is 2. The van der Waals surface area contributed by atoms with E-state index in [1.54, 1.807) is 0 Å². The lowest BCUT2D eigenvalue weighted by Crippen LogP contribution is -2.03. The number of rotatable bonds is 3. The zero-order chi connectivity index (χ0) is 10.7. The van der Waals surface area contributed by atoms with Gasteiger partial charge < -0.3 is 10.8 Å². The summed E-state index contributed by atoms with van der Waals surface area (Å²) in [5.41, 5.74) is 5.36. The van der Waals surface area contributed by atoms with Crippen molar-refractivity contribution in [1.82, 2.24) is 0 Å². The second-order valence-corrected chi connectivity index (χ2v) is 3.67. The first-order chi connectivity index (χ1) is 6.57. The molecule has 1 aromatic rings. The molecular weight excluding hydrogens is 256 g/mol. The maximum Gasteiger partial charge on any atom is 0.147 e. The van der Waals surface area contributed by atoms with Crippen LogP contribution in [0.15, 0.2) is 10.5 Å². The molecule has 2 nitrogen and oxygen atoms in total. The molecule has 1 rings (SSSR count). The molecule has 1 aromatic carbocycles. The molecule has 0 radical (unpaired) electrons. The maximum absolute atomic E-state index is 13.4. The SMILES string of the molecule is NCCCc1c(O)cc(F)c(Br)c1F. The van der Waals surface area contributed by atoms with Gasteiger partial charge in [-0.1, -0.05) is 0 Å². The Morgan fingerprint density at radius 1 is 1.43 bits per heavy atom. The van der Waals surface area contributed by atoms with Gasteiger partial charge in [-0.15, -0.1) is 0 Å². The normalized spacial score (nSPS) is 10.6. The molecule has 0 amide bonds. The summed E-state index contributed by atoms with van der Waals surface area (Å²) >= 11 is 2.76. The van der Waals surface area contributed by atoms with Crippen molar-refractivity contribution in [2.75, 3.05) is 6.54 Å². The van der Waals surface area contributed by atoms with E-state index in [4.69, 9.17) is 5.73 Å². The molecule has 0 bridgehead atoms. The average Bonchev–Trinajstić information content (AvgIpc) is 2.14. The zero-order valence-corrected chi connectivity index (χ0v) is 8.94. The molecule has 0 aliphatic rings. The van der Waals surface area contributed by atoms with E-state index < -0.39 is 11.6 Å². The Morgan fingerprint density at radius 3 is 2.64 bits per heavy atom. The highest BCUT2D eigenvalue weighted by atomic mass is 79.9. The molecule has 0 spiro atoms. The van der Waals surface area contributed by atoms with Crippen molar-refractivity contribution >= 4 is 15.9 Å². The van der Waals surface area contributed by atoms with E-state index in [-0.39, 0.29) is 15.8 Å². The highest BCUT2D eigenvalue weighted by molar-refractivity contribution is 9.10. The van der Waals surface area contributed by atoms with Gasteiger partial charge in [-0.25, -0.2) is 8.78 Å². The first-order valence-electron chi connectivity index (χ1n) is 4.13.